The molecule has 0 saturated carbocycles. The molecule has 8 heteroatoms. The minimum atomic E-state index is -0.561. The van der Waals surface area contributed by atoms with Crippen molar-refractivity contribution in [3.05, 3.63) is 17.0 Å². The summed E-state index contributed by atoms with van der Waals surface area (Å²) in [6.45, 7) is 6.20. The van der Waals surface area contributed by atoms with Crippen LogP contribution in [-0.4, -0.2) is 64.4 Å². The molecule has 0 spiro atoms. The number of nitrogens with zero attached hydrogens (tertiary/aromatic N) is 3. The second-order valence-electron chi connectivity index (χ2n) is 8.13. The average molecular weight is 390 g/mol. The number of aryl methyl sites for hydroxylation is 2. The summed E-state index contributed by atoms with van der Waals surface area (Å²) in [4.78, 5) is 27.2. The van der Waals surface area contributed by atoms with Gasteiger partial charge in [0.25, 0.3) is 5.91 Å². The fourth-order valence-electron chi connectivity index (χ4n) is 4.65. The highest BCUT2D eigenvalue weighted by molar-refractivity contribution is 5.85. The van der Waals surface area contributed by atoms with E-state index >= 15 is 0 Å². The molecule has 3 aliphatic heterocycles. The maximum Gasteiger partial charge on any atom is 0.251 e. The average Bonchev–Trinajstić information content (AvgIpc) is 3.44. The maximum atomic E-state index is 12.8. The van der Waals surface area contributed by atoms with E-state index in [1.807, 2.05) is 30.5 Å². The van der Waals surface area contributed by atoms with Crippen LogP contribution in [0.5, 0.6) is 0 Å². The Morgan fingerprint density at radius 3 is 2.50 bits per heavy atom. The van der Waals surface area contributed by atoms with Crippen molar-refractivity contribution in [3.63, 3.8) is 0 Å². The van der Waals surface area contributed by atoms with Crippen molar-refractivity contribution in [1.29, 1.82) is 0 Å². The van der Waals surface area contributed by atoms with Gasteiger partial charge in [0, 0.05) is 38.0 Å². The van der Waals surface area contributed by atoms with Gasteiger partial charge in [-0.1, -0.05) is 0 Å². The van der Waals surface area contributed by atoms with Crippen LogP contribution in [0.15, 0.2) is 0 Å². The van der Waals surface area contributed by atoms with E-state index in [0.29, 0.717) is 19.4 Å². The summed E-state index contributed by atoms with van der Waals surface area (Å²) in [5, 5.41) is 7.58. The monoisotopic (exact) mass is 390 g/mol. The zero-order chi connectivity index (χ0) is 19.8. The Morgan fingerprint density at radius 2 is 1.82 bits per heavy atom. The van der Waals surface area contributed by atoms with Gasteiger partial charge in [0.15, 0.2) is 0 Å². The lowest BCUT2D eigenvalue weighted by atomic mass is 10.00. The molecule has 4 rings (SSSR count). The predicted molar refractivity (Wildman–Crippen MR) is 102 cm³/mol. The number of rotatable bonds is 4. The molecule has 8 nitrogen and oxygen atoms in total. The molecule has 4 heterocycles. The van der Waals surface area contributed by atoms with Crippen molar-refractivity contribution in [3.8, 4) is 0 Å². The molecule has 4 atom stereocenters. The minimum absolute atomic E-state index is 0.0384. The van der Waals surface area contributed by atoms with Crippen LogP contribution in [0.2, 0.25) is 0 Å². The van der Waals surface area contributed by atoms with Gasteiger partial charge >= 0.3 is 0 Å². The van der Waals surface area contributed by atoms with E-state index < -0.39 is 12.2 Å². The standard InChI is InChI=1S/C20H30N4O4/c1-12-17(13(2)23(3)22-12)18-14(8-11-27-18)21-19(25)15-6-7-16(28-15)20(26)24-9-4-5-10-24/h14-16,18H,4-11H2,1-3H3,(H,21,25)/t14-,15-,16+,18-/m0/s1. The zero-order valence-electron chi connectivity index (χ0n) is 16.9. The van der Waals surface area contributed by atoms with Gasteiger partial charge in [-0.25, -0.2) is 0 Å². The lowest BCUT2D eigenvalue weighted by molar-refractivity contribution is -0.146. The first-order valence-electron chi connectivity index (χ1n) is 10.3. The van der Waals surface area contributed by atoms with E-state index in [1.165, 1.54) is 0 Å². The number of amides is 2. The van der Waals surface area contributed by atoms with E-state index in [2.05, 4.69) is 10.4 Å². The van der Waals surface area contributed by atoms with Gasteiger partial charge in [0.05, 0.1) is 11.7 Å². The highest BCUT2D eigenvalue weighted by Crippen LogP contribution is 2.33. The Hall–Kier alpha value is -1.93. The fourth-order valence-corrected chi connectivity index (χ4v) is 4.65. The van der Waals surface area contributed by atoms with E-state index in [9.17, 15) is 9.59 Å². The summed E-state index contributed by atoms with van der Waals surface area (Å²) in [6, 6.07) is -0.106. The van der Waals surface area contributed by atoms with Gasteiger partial charge in [0.2, 0.25) is 5.91 Å². The summed E-state index contributed by atoms with van der Waals surface area (Å²) in [5.41, 5.74) is 3.04. The second-order valence-corrected chi connectivity index (χ2v) is 8.13. The fraction of sp³-hybridized carbons (Fsp3) is 0.750. The molecule has 1 aromatic rings. The molecular formula is C20H30N4O4. The van der Waals surface area contributed by atoms with Gasteiger partial charge in [-0.2, -0.15) is 5.10 Å². The zero-order valence-corrected chi connectivity index (χ0v) is 16.9. The van der Waals surface area contributed by atoms with Crippen molar-refractivity contribution in [2.45, 2.75) is 70.3 Å². The summed E-state index contributed by atoms with van der Waals surface area (Å²) < 4.78 is 13.6. The minimum Gasteiger partial charge on any atom is -0.371 e. The van der Waals surface area contributed by atoms with E-state index in [0.717, 1.165) is 49.3 Å². The number of carbonyl (C=O) groups is 2. The van der Waals surface area contributed by atoms with Crippen LogP contribution < -0.4 is 5.32 Å². The number of carbonyl (C=O) groups excluding carboxylic acids is 2. The van der Waals surface area contributed by atoms with Gasteiger partial charge in [-0.15, -0.1) is 0 Å². The molecule has 28 heavy (non-hydrogen) atoms. The third-order valence-corrected chi connectivity index (χ3v) is 6.27. The summed E-state index contributed by atoms with van der Waals surface area (Å²) >= 11 is 0. The number of nitrogens with one attached hydrogen (secondary N) is 1. The van der Waals surface area contributed by atoms with Crippen molar-refractivity contribution in [2.75, 3.05) is 19.7 Å². The van der Waals surface area contributed by atoms with Gasteiger partial charge in [-0.05, 0) is 46.0 Å². The second kappa shape index (κ2) is 7.83. The first kappa shape index (κ1) is 19.4. The van der Waals surface area contributed by atoms with Crippen LogP contribution in [0.25, 0.3) is 0 Å². The van der Waals surface area contributed by atoms with Crippen molar-refractivity contribution in [1.82, 2.24) is 20.0 Å². The van der Waals surface area contributed by atoms with E-state index in [1.54, 1.807) is 0 Å². The molecule has 1 aromatic heterocycles. The topological polar surface area (TPSA) is 85.7 Å². The Labute approximate surface area is 165 Å². The number of aromatic nitrogens is 2. The molecule has 0 radical (unpaired) electrons. The molecular weight excluding hydrogens is 360 g/mol. The SMILES string of the molecule is Cc1nn(C)c(C)c1[C@H]1OCC[C@@H]1NC(=O)[C@@H]1CC[C@H](C(=O)N2CCCC2)O1. The molecule has 0 unspecified atom stereocenters. The largest absolute Gasteiger partial charge is 0.371 e. The Morgan fingerprint density at radius 1 is 1.11 bits per heavy atom. The van der Waals surface area contributed by atoms with Crippen LogP contribution in [-0.2, 0) is 26.1 Å². The summed E-state index contributed by atoms with van der Waals surface area (Å²) in [7, 11) is 1.91. The lowest BCUT2D eigenvalue weighted by Gasteiger charge is -2.23. The Kier molecular flexibility index (Phi) is 5.42. The normalized spacial score (nSPS) is 30.2. The molecule has 1 N–H and O–H groups in total. The number of hydrogen-bond acceptors (Lipinski definition) is 5. The highest BCUT2D eigenvalue weighted by atomic mass is 16.5. The van der Waals surface area contributed by atoms with Crippen LogP contribution >= 0.6 is 0 Å². The molecule has 0 aliphatic carbocycles. The molecule has 3 saturated heterocycles. The smallest absolute Gasteiger partial charge is 0.251 e. The lowest BCUT2D eigenvalue weighted by Crippen LogP contribution is -2.44. The molecule has 154 valence electrons. The predicted octanol–water partition coefficient (Wildman–Crippen LogP) is 1.15. The molecule has 0 bridgehead atoms. The third kappa shape index (κ3) is 3.55. The van der Waals surface area contributed by atoms with Crippen LogP contribution in [0.4, 0.5) is 0 Å². The molecule has 0 aromatic carbocycles. The van der Waals surface area contributed by atoms with Crippen molar-refractivity contribution in [2.24, 2.45) is 7.05 Å². The summed E-state index contributed by atoms with van der Waals surface area (Å²) in [5.74, 6) is -0.104. The highest BCUT2D eigenvalue weighted by Gasteiger charge is 2.40. The van der Waals surface area contributed by atoms with E-state index in [-0.39, 0.29) is 24.0 Å². The molecule has 2 amide bonds. The maximum absolute atomic E-state index is 12.8. The van der Waals surface area contributed by atoms with Gasteiger partial charge in [0.1, 0.15) is 18.3 Å². The van der Waals surface area contributed by atoms with E-state index in [4.69, 9.17) is 9.47 Å². The van der Waals surface area contributed by atoms with Crippen LogP contribution in [0.3, 0.4) is 0 Å². The number of ether oxygens (including phenoxy) is 2. The van der Waals surface area contributed by atoms with Crippen molar-refractivity contribution >= 4 is 11.8 Å². The Bertz CT molecular complexity index is 756. The van der Waals surface area contributed by atoms with Gasteiger partial charge in [-0.3, -0.25) is 14.3 Å². The first-order valence-corrected chi connectivity index (χ1v) is 10.3. The van der Waals surface area contributed by atoms with Gasteiger partial charge < -0.3 is 19.7 Å². The van der Waals surface area contributed by atoms with Crippen LogP contribution in [0, 0.1) is 13.8 Å². The molecule has 3 fully saturated rings. The number of likely N-dealkylation sites (tertiary alicyclic amines) is 1. The quantitative estimate of drug-likeness (QED) is 0.834. The third-order valence-electron chi connectivity index (χ3n) is 6.27. The Balaban J connectivity index is 1.37. The first-order chi connectivity index (χ1) is 13.5. The summed E-state index contributed by atoms with van der Waals surface area (Å²) in [6.07, 6.45) is 2.82. The van der Waals surface area contributed by atoms with Crippen LogP contribution in [0.1, 0.15) is 55.2 Å². The van der Waals surface area contributed by atoms with Crippen molar-refractivity contribution < 1.29 is 19.1 Å². The molecule has 3 aliphatic rings. The number of hydrogen-bond donors (Lipinski definition) is 1.